The van der Waals surface area contributed by atoms with E-state index in [1.54, 1.807) is 0 Å². The van der Waals surface area contributed by atoms with E-state index in [2.05, 4.69) is 130 Å². The molecule has 1 heterocycles. The van der Waals surface area contributed by atoms with E-state index in [0.717, 1.165) is 0 Å². The molecule has 1 nitrogen and oxygen atoms in total. The van der Waals surface area contributed by atoms with E-state index in [4.69, 9.17) is 0 Å². The third-order valence-corrected chi connectivity index (χ3v) is 9.48. The van der Waals surface area contributed by atoms with Crippen molar-refractivity contribution in [3.8, 4) is 22.3 Å². The average molecular weight is 495 g/mol. The summed E-state index contributed by atoms with van der Waals surface area (Å²) >= 11 is 0. The van der Waals surface area contributed by atoms with Crippen molar-refractivity contribution >= 4 is 67.4 Å². The molecule has 8 aromatic rings. The van der Waals surface area contributed by atoms with Gasteiger partial charge in [-0.05, 0) is 90.0 Å². The molecule has 1 N–H and O–H groups in total. The van der Waals surface area contributed by atoms with Crippen LogP contribution in [0.1, 0.15) is 25.0 Å². The Kier molecular flexibility index (Phi) is 3.89. The van der Waals surface area contributed by atoms with Crippen LogP contribution < -0.4 is 5.46 Å². The van der Waals surface area contributed by atoms with Gasteiger partial charge in [-0.25, -0.2) is 0 Å². The molecule has 0 spiro atoms. The van der Waals surface area contributed by atoms with Gasteiger partial charge in [0.2, 0.25) is 0 Å². The number of aromatic amines is 1. The smallest absolute Gasteiger partial charge is 0.140 e. The van der Waals surface area contributed by atoms with Gasteiger partial charge in [0.1, 0.15) is 7.85 Å². The van der Waals surface area contributed by atoms with Gasteiger partial charge in [-0.1, -0.05) is 98.2 Å². The Hall–Kier alpha value is -4.56. The second kappa shape index (κ2) is 7.09. The first-order valence-corrected chi connectivity index (χ1v) is 13.9. The van der Waals surface area contributed by atoms with Crippen molar-refractivity contribution in [2.45, 2.75) is 19.3 Å². The maximum atomic E-state index is 3.74. The van der Waals surface area contributed by atoms with Crippen molar-refractivity contribution in [2.75, 3.05) is 0 Å². The van der Waals surface area contributed by atoms with E-state index >= 15 is 0 Å². The van der Waals surface area contributed by atoms with Gasteiger partial charge in [-0.15, -0.1) is 0 Å². The SMILES string of the molecule is Bc1ccc2ccc3cc4[nH]c5ccc(-c6ccc7c(c6)C(C)(C)c6ccccc6-7)cc5c4c4ccc1c2c34. The van der Waals surface area contributed by atoms with Gasteiger partial charge in [0.05, 0.1) is 0 Å². The molecule has 0 fully saturated rings. The monoisotopic (exact) mass is 495 g/mol. The van der Waals surface area contributed by atoms with Crippen molar-refractivity contribution < 1.29 is 0 Å². The Balaban J connectivity index is 1.31. The van der Waals surface area contributed by atoms with Crippen LogP contribution in [0.2, 0.25) is 0 Å². The summed E-state index contributed by atoms with van der Waals surface area (Å²) in [4.78, 5) is 3.74. The zero-order valence-electron chi connectivity index (χ0n) is 22.3. The maximum Gasteiger partial charge on any atom is 0.140 e. The third-order valence-electron chi connectivity index (χ3n) is 9.48. The minimum atomic E-state index is -0.00238. The minimum absolute atomic E-state index is 0.00238. The highest BCUT2D eigenvalue weighted by Gasteiger charge is 2.35. The van der Waals surface area contributed by atoms with Crippen LogP contribution in [0.25, 0.3) is 76.4 Å². The molecule has 0 saturated heterocycles. The summed E-state index contributed by atoms with van der Waals surface area (Å²) in [6.07, 6.45) is 0. The first-order valence-electron chi connectivity index (χ1n) is 13.9. The van der Waals surface area contributed by atoms with Crippen LogP contribution >= 0.6 is 0 Å². The normalized spacial score (nSPS) is 14.2. The molecule has 7 aromatic carbocycles. The molecule has 0 atom stereocenters. The maximum absolute atomic E-state index is 3.74. The van der Waals surface area contributed by atoms with E-state index in [-0.39, 0.29) is 5.41 Å². The zero-order chi connectivity index (χ0) is 26.0. The van der Waals surface area contributed by atoms with E-state index < -0.39 is 0 Å². The molecule has 0 bridgehead atoms. The van der Waals surface area contributed by atoms with Gasteiger partial charge in [0.25, 0.3) is 0 Å². The lowest BCUT2D eigenvalue weighted by atomic mass is 9.81. The molecule has 1 aliphatic carbocycles. The highest BCUT2D eigenvalue weighted by Crippen LogP contribution is 2.49. The molecular formula is C37H26BN. The van der Waals surface area contributed by atoms with Crippen molar-refractivity contribution in [1.29, 1.82) is 0 Å². The number of fused-ring (bicyclic) bond motifs is 7. The summed E-state index contributed by atoms with van der Waals surface area (Å²) in [6, 6.07) is 38.9. The Labute approximate surface area is 227 Å². The molecule has 2 heteroatoms. The molecule has 0 amide bonds. The molecule has 9 rings (SSSR count). The fraction of sp³-hybridized carbons (Fsp3) is 0.0811. The van der Waals surface area contributed by atoms with Crippen molar-refractivity contribution in [3.63, 3.8) is 0 Å². The molecule has 1 aliphatic rings. The lowest BCUT2D eigenvalue weighted by molar-refractivity contribution is 0.660. The number of nitrogens with one attached hydrogen (secondary N) is 1. The summed E-state index contributed by atoms with van der Waals surface area (Å²) in [5, 5.41) is 10.7. The van der Waals surface area contributed by atoms with E-state index in [0.29, 0.717) is 0 Å². The fourth-order valence-electron chi connectivity index (χ4n) is 7.48. The Morgan fingerprint density at radius 3 is 2.18 bits per heavy atom. The van der Waals surface area contributed by atoms with Crippen LogP contribution in [-0.2, 0) is 5.41 Å². The lowest BCUT2D eigenvalue weighted by Gasteiger charge is -2.22. The predicted octanol–water partition coefficient (Wildman–Crippen LogP) is 8.45. The number of benzene rings is 7. The summed E-state index contributed by atoms with van der Waals surface area (Å²) < 4.78 is 0. The molecular weight excluding hydrogens is 469 g/mol. The van der Waals surface area contributed by atoms with Crippen molar-refractivity contribution in [3.05, 3.63) is 114 Å². The topological polar surface area (TPSA) is 15.8 Å². The fourth-order valence-corrected chi connectivity index (χ4v) is 7.48. The van der Waals surface area contributed by atoms with Gasteiger partial charge in [0.15, 0.2) is 0 Å². The third kappa shape index (κ3) is 2.66. The molecule has 1 aromatic heterocycles. The standard InChI is InChI=1S/C37H26BN/c1-37(2)29-6-4-3-5-24(29)25-12-9-22(18-30(25)37)21-11-16-32-28(17-21)36-27-14-13-26-31(38)15-10-20-7-8-23(19-33(36)39-32)35(27)34(20)26/h3-19,39H,38H2,1-2H3. The van der Waals surface area contributed by atoms with Gasteiger partial charge in [-0.3, -0.25) is 0 Å². The second-order valence-electron chi connectivity index (χ2n) is 11.9. The zero-order valence-corrected chi connectivity index (χ0v) is 22.3. The largest absolute Gasteiger partial charge is 0.354 e. The summed E-state index contributed by atoms with van der Waals surface area (Å²) in [7, 11) is 2.22. The van der Waals surface area contributed by atoms with Gasteiger partial charge in [-0.2, -0.15) is 0 Å². The van der Waals surface area contributed by atoms with Crippen LogP contribution in [-0.4, -0.2) is 12.8 Å². The highest BCUT2D eigenvalue weighted by atomic mass is 14.7. The quantitative estimate of drug-likeness (QED) is 0.174. The number of H-pyrrole nitrogens is 1. The van der Waals surface area contributed by atoms with Gasteiger partial charge < -0.3 is 4.98 Å². The van der Waals surface area contributed by atoms with Crippen LogP contribution in [0, 0.1) is 0 Å². The Morgan fingerprint density at radius 1 is 0.538 bits per heavy atom. The van der Waals surface area contributed by atoms with E-state index in [1.807, 2.05) is 0 Å². The second-order valence-corrected chi connectivity index (χ2v) is 11.9. The number of hydrogen-bond donors (Lipinski definition) is 1. The van der Waals surface area contributed by atoms with Crippen molar-refractivity contribution in [2.24, 2.45) is 0 Å². The van der Waals surface area contributed by atoms with Gasteiger partial charge in [0, 0.05) is 27.2 Å². The first kappa shape index (κ1) is 21.4. The van der Waals surface area contributed by atoms with Crippen LogP contribution in [0.5, 0.6) is 0 Å². The summed E-state index contributed by atoms with van der Waals surface area (Å²) in [5.74, 6) is 0. The van der Waals surface area contributed by atoms with Crippen LogP contribution in [0.4, 0.5) is 0 Å². The summed E-state index contributed by atoms with van der Waals surface area (Å²) in [6.45, 7) is 4.71. The molecule has 39 heavy (non-hydrogen) atoms. The highest BCUT2D eigenvalue weighted by molar-refractivity contribution is 6.43. The van der Waals surface area contributed by atoms with Crippen LogP contribution in [0.3, 0.4) is 0 Å². The minimum Gasteiger partial charge on any atom is -0.354 e. The van der Waals surface area contributed by atoms with E-state index in [1.165, 1.54) is 93.0 Å². The van der Waals surface area contributed by atoms with Gasteiger partial charge >= 0.3 is 0 Å². The average Bonchev–Trinajstić information content (AvgIpc) is 3.44. The molecule has 0 aliphatic heterocycles. The Morgan fingerprint density at radius 2 is 1.26 bits per heavy atom. The number of hydrogen-bond acceptors (Lipinski definition) is 0. The number of rotatable bonds is 1. The first-order chi connectivity index (χ1) is 19.0. The molecule has 0 radical (unpaired) electrons. The predicted molar refractivity (Wildman–Crippen MR) is 171 cm³/mol. The summed E-state index contributed by atoms with van der Waals surface area (Å²) in [5.41, 5.74) is 11.8. The van der Waals surface area contributed by atoms with E-state index in [9.17, 15) is 0 Å². The lowest BCUT2D eigenvalue weighted by Crippen LogP contribution is -2.14. The molecule has 182 valence electrons. The van der Waals surface area contributed by atoms with Crippen molar-refractivity contribution in [1.82, 2.24) is 4.98 Å². The molecule has 0 unspecified atom stereocenters. The Bertz CT molecular complexity index is 2320. The van der Waals surface area contributed by atoms with Crippen LogP contribution in [0.15, 0.2) is 103 Å². The number of aromatic nitrogens is 1. The molecule has 0 saturated carbocycles.